The number of likely N-dealkylation sites (tertiary alicyclic amines) is 2. The zero-order valence-electron chi connectivity index (χ0n) is 50.3. The number of hydrogen-bond donors (Lipinski definition) is 3. The van der Waals surface area contributed by atoms with E-state index in [0.717, 1.165) is 60.5 Å². The van der Waals surface area contributed by atoms with Crippen molar-refractivity contribution in [2.24, 2.45) is 11.8 Å². The average Bonchev–Trinajstić information content (AvgIpc) is 0.870. The SMILES string of the molecule is Cc1ncsc1-c1ccc([C@H](C)NC(=O)[C@@H]2C[C@@H](O)CN2C(=O)[C@H](c2cc(OCC3CCN(CCOc4nc(N5CC6CCC(C5)N6C(=O)OC(C)(C)C)c5cnc(-c6cc(O)cc7ccc(F)c(C#[C][Tl])c67)c(F)c5n4)CC3)no2)C(C)C)cc1.P.[SH-]. The van der Waals surface area contributed by atoms with E-state index in [1.165, 1.54) is 35.4 Å². The van der Waals surface area contributed by atoms with Crippen molar-refractivity contribution in [1.82, 2.24) is 45.1 Å². The fraction of sp³-hybridized carbons (Fsp3) is 0.460. The number of anilines is 1. The molecule has 4 aliphatic heterocycles. The van der Waals surface area contributed by atoms with Crippen LogP contribution < -0.4 is 19.7 Å². The van der Waals surface area contributed by atoms with Crippen molar-refractivity contribution in [3.8, 4) is 48.7 Å². The minimum absolute atomic E-state index is 0. The second-order valence-electron chi connectivity index (χ2n) is 24.2. The number of rotatable bonds is 16. The molecule has 3 N–H and O–H groups in total. The molecule has 4 aromatic heterocycles. The zero-order valence-corrected chi connectivity index (χ0v) is 57.9. The van der Waals surface area contributed by atoms with Gasteiger partial charge in [-0.1, -0.05) is 38.1 Å². The van der Waals surface area contributed by atoms with Gasteiger partial charge in [0.05, 0.1) is 46.9 Å². The number of thiol groups is 1. The van der Waals surface area contributed by atoms with E-state index in [4.69, 9.17) is 23.7 Å². The minimum Gasteiger partial charge on any atom is -0.813 e. The fourth-order valence-electron chi connectivity index (χ4n) is 12.5. The summed E-state index contributed by atoms with van der Waals surface area (Å²) in [5, 5.41) is 30.0. The third kappa shape index (κ3) is 14.2. The smallest absolute Gasteiger partial charge is 0.00134 e. The van der Waals surface area contributed by atoms with E-state index in [1.807, 2.05) is 88.0 Å². The van der Waals surface area contributed by atoms with E-state index in [9.17, 15) is 24.6 Å². The van der Waals surface area contributed by atoms with Crippen LogP contribution in [0.2, 0.25) is 0 Å². The summed E-state index contributed by atoms with van der Waals surface area (Å²) in [7, 11) is 0. The quantitative estimate of drug-likeness (QED) is 0.0270. The van der Waals surface area contributed by atoms with E-state index < -0.39 is 35.3 Å². The monoisotopic (exact) mass is 1450 g/mol. The minimum atomic E-state index is -0.875. The number of pyridine rings is 1. The van der Waals surface area contributed by atoms with Crippen LogP contribution in [0.25, 0.3) is 43.4 Å². The maximum Gasteiger partial charge on any atom is -0.00134 e. The van der Waals surface area contributed by atoms with Crippen LogP contribution in [-0.4, -0.2) is 176 Å². The molecule has 4 fully saturated rings. The summed E-state index contributed by atoms with van der Waals surface area (Å²) >= 11 is 1.83. The van der Waals surface area contributed by atoms with Gasteiger partial charge in [-0.05, 0) is 102 Å². The predicted octanol–water partition coefficient (Wildman–Crippen LogP) is 8.85. The van der Waals surface area contributed by atoms with Gasteiger partial charge in [0.2, 0.25) is 11.8 Å². The van der Waals surface area contributed by atoms with Gasteiger partial charge in [-0.25, -0.2) is 9.78 Å². The normalized spacial score (nSPS) is 19.4. The summed E-state index contributed by atoms with van der Waals surface area (Å²) in [4.78, 5) is 68.9. The van der Waals surface area contributed by atoms with Crippen LogP contribution in [0.15, 0.2) is 70.8 Å². The molecular formula is C63H73F2N10O9PS2Tl-. The van der Waals surface area contributed by atoms with E-state index >= 15 is 8.78 Å². The number of aromatic nitrogens is 5. The van der Waals surface area contributed by atoms with Crippen LogP contribution >= 0.6 is 21.2 Å². The van der Waals surface area contributed by atoms with Gasteiger partial charge in [0, 0.05) is 25.6 Å². The Morgan fingerprint density at radius 1 is 0.955 bits per heavy atom. The Kier molecular flexibility index (Phi) is 20.9. The van der Waals surface area contributed by atoms with Gasteiger partial charge in [-0.15, -0.1) is 11.3 Å². The summed E-state index contributed by atoms with van der Waals surface area (Å²) in [5.41, 5.74) is 4.08. The van der Waals surface area contributed by atoms with Crippen molar-refractivity contribution in [2.45, 2.75) is 122 Å². The molecule has 464 valence electrons. The topological polar surface area (TPSA) is 222 Å². The predicted molar refractivity (Wildman–Crippen MR) is 341 cm³/mol. The number of carbonyl (C=O) groups is 3. The van der Waals surface area contributed by atoms with E-state index in [0.29, 0.717) is 54.0 Å². The molecule has 7 atom stereocenters. The van der Waals surface area contributed by atoms with E-state index in [-0.39, 0.29) is 157 Å². The van der Waals surface area contributed by atoms with Crippen molar-refractivity contribution in [3.05, 3.63) is 101 Å². The maximum absolute atomic E-state index is 17.4. The second-order valence-corrected chi connectivity index (χ2v) is 26.2. The fourth-order valence-corrected chi connectivity index (χ4v) is 13.8. The number of nitrogens with one attached hydrogen (secondary N) is 1. The molecule has 3 amide bonds. The number of aliphatic hydroxyl groups is 1. The van der Waals surface area contributed by atoms with Crippen LogP contribution in [-0.2, 0) is 27.8 Å². The molecular weight excluding hydrogens is 1380 g/mol. The number of aliphatic hydroxyl groups excluding tert-OH is 1. The summed E-state index contributed by atoms with van der Waals surface area (Å²) in [6, 6.07) is 13.6. The Labute approximate surface area is 540 Å². The number of piperazine rings is 1. The van der Waals surface area contributed by atoms with Gasteiger partial charge in [0.1, 0.15) is 17.6 Å². The number of carbonyl (C=O) groups excluding carboxylic acids is 3. The summed E-state index contributed by atoms with van der Waals surface area (Å²) in [5.74, 6) is 0.815. The number of piperidine rings is 1. The first-order valence-corrected chi connectivity index (χ1v) is 32.4. The van der Waals surface area contributed by atoms with Crippen LogP contribution in [0.5, 0.6) is 17.6 Å². The number of amides is 3. The summed E-state index contributed by atoms with van der Waals surface area (Å²) in [6.07, 6.45) is 3.50. The molecule has 4 aliphatic rings. The van der Waals surface area contributed by atoms with E-state index in [1.54, 1.807) is 17.4 Å². The van der Waals surface area contributed by atoms with Crippen molar-refractivity contribution >= 4 is 106 Å². The number of thiazole rings is 1. The van der Waals surface area contributed by atoms with Crippen molar-refractivity contribution in [2.75, 3.05) is 57.4 Å². The molecule has 2 bridgehead atoms. The number of aryl methyl sites for hydroxylation is 1. The number of phenols is 1. The molecule has 3 unspecified atom stereocenters. The first-order valence-electron chi connectivity index (χ1n) is 29.2. The van der Waals surface area contributed by atoms with Gasteiger partial charge >= 0.3 is 198 Å². The third-order valence-electron chi connectivity index (χ3n) is 16.7. The Morgan fingerprint density at radius 3 is 2.35 bits per heavy atom. The standard InChI is InChI=1S/C63H69F2N10O9S.H3P.H2S.Tl/c1-9-45-48(64)17-14-40-24-43(76)25-46(53(40)45)55-54(65)56-47(28-66-55)58(73-29-41-15-16-42(30-73)75(41)62(80)83-63(6,7)8)70-61(69-56)81-23-22-72-20-18-37(19-21-72)32-82-51-27-50(84-71-51)52(34(2)3)60(79)74-31-44(77)26-49(74)59(78)68-35(4)38-10-12-39(13-11-38)57-36(5)67-33-85-57;;;/h10-14,17,24-25,27-28,33-35,37,41-42,44,49,52,76-77H,15-16,18-23,26,29-32H2,2-8H3,(H,68,78);1H3;1H2;/p-1/t35-,41?,42?,44+,49-,52-;;;/m0.../s1. The Balaban J connectivity index is 0.00000461. The first kappa shape index (κ1) is 66.1. The average molecular weight is 1450 g/mol. The summed E-state index contributed by atoms with van der Waals surface area (Å²) in [6.45, 7) is 16.6. The molecule has 4 saturated heterocycles. The number of benzene rings is 3. The molecule has 0 radical (unpaired) electrons. The molecule has 7 aromatic rings. The zero-order chi connectivity index (χ0) is 60.7. The van der Waals surface area contributed by atoms with Gasteiger partial charge in [-0.3, -0.25) is 19.4 Å². The van der Waals surface area contributed by atoms with Crippen molar-refractivity contribution in [1.29, 1.82) is 0 Å². The third-order valence-corrected chi connectivity index (χ3v) is 18.3. The first-order chi connectivity index (χ1) is 41.2. The Hall–Kier alpha value is -6.30. The number of hydrogen-bond acceptors (Lipinski definition) is 18. The van der Waals surface area contributed by atoms with E-state index in [2.05, 4.69) is 39.7 Å². The molecule has 0 aliphatic carbocycles. The number of β-amino-alcohol motifs (C(OH)–C–C–N with tert-alkyl or cyclic N) is 1. The number of fused-ring (bicyclic) bond motifs is 4. The van der Waals surface area contributed by atoms with Crippen LogP contribution in [0, 0.1) is 39.8 Å². The Morgan fingerprint density at radius 2 is 1.68 bits per heavy atom. The van der Waals surface area contributed by atoms with Gasteiger partial charge in [0.15, 0.2) is 5.76 Å². The summed E-state index contributed by atoms with van der Waals surface area (Å²) < 4.78 is 59.8. The van der Waals surface area contributed by atoms with Gasteiger partial charge < -0.3 is 42.8 Å². The second kappa shape index (κ2) is 27.8. The molecule has 11 rings (SSSR count). The van der Waals surface area contributed by atoms with Gasteiger partial charge in [0.25, 0.3) is 5.88 Å². The number of halogens is 2. The van der Waals surface area contributed by atoms with Crippen LogP contribution in [0.4, 0.5) is 19.4 Å². The molecule has 25 heteroatoms. The number of aromatic hydroxyl groups is 1. The number of ether oxygens (including phenoxy) is 3. The van der Waals surface area contributed by atoms with Crippen LogP contribution in [0.1, 0.15) is 108 Å². The van der Waals surface area contributed by atoms with Crippen molar-refractivity contribution < 1.29 is 52.1 Å². The molecule has 0 saturated carbocycles. The number of phenolic OH excluding ortho intramolecular Hbond substituents is 1. The molecule has 3 aromatic carbocycles. The molecule has 8 heterocycles. The molecule has 88 heavy (non-hydrogen) atoms. The van der Waals surface area contributed by atoms with Crippen LogP contribution in [0.3, 0.4) is 0 Å². The maximum atomic E-state index is 17.4. The van der Waals surface area contributed by atoms with Gasteiger partial charge in [-0.2, -0.15) is 9.90 Å². The Bertz CT molecular complexity index is 3750. The number of nitrogens with zero attached hydrogens (tertiary/aromatic N) is 9. The largest absolute Gasteiger partial charge is 0.813 e. The molecule has 19 nitrogen and oxygen atoms in total. The van der Waals surface area contributed by atoms with Crippen molar-refractivity contribution in [3.63, 3.8) is 0 Å². The molecule has 0 spiro atoms.